The fourth-order valence-corrected chi connectivity index (χ4v) is 4.53. The molecule has 7 heteroatoms. The lowest BCUT2D eigenvalue weighted by atomic mass is 9.85. The molecule has 1 saturated heterocycles. The van der Waals surface area contributed by atoms with Crippen LogP contribution in [0, 0.1) is 11.3 Å². The Morgan fingerprint density at radius 2 is 1.84 bits per heavy atom. The first-order valence-electron chi connectivity index (χ1n) is 11.1. The second-order valence-corrected chi connectivity index (χ2v) is 8.64. The van der Waals surface area contributed by atoms with E-state index >= 15 is 4.39 Å². The number of carbonyl (C=O) groups is 2. The maximum Gasteiger partial charge on any atom is 0.265 e. The molecule has 6 nitrogen and oxygen atoms in total. The summed E-state index contributed by atoms with van der Waals surface area (Å²) in [7, 11) is 0. The second kappa shape index (κ2) is 8.71. The van der Waals surface area contributed by atoms with Gasteiger partial charge in [0.25, 0.3) is 11.8 Å². The molecule has 0 spiro atoms. The predicted octanol–water partition coefficient (Wildman–Crippen LogP) is 3.70. The molecule has 0 unspecified atom stereocenters. The normalized spacial score (nSPS) is 17.5. The van der Waals surface area contributed by atoms with Crippen LogP contribution in [0.3, 0.4) is 0 Å². The number of hydrazine groups is 1. The minimum Gasteiger partial charge on any atom is -0.338 e. The molecule has 1 heterocycles. The van der Waals surface area contributed by atoms with Crippen molar-refractivity contribution in [2.24, 2.45) is 5.84 Å². The number of amides is 2. The molecule has 2 fully saturated rings. The lowest BCUT2D eigenvalue weighted by Crippen LogP contribution is -2.43. The van der Waals surface area contributed by atoms with Crippen LogP contribution in [0.4, 0.5) is 4.39 Å². The van der Waals surface area contributed by atoms with E-state index in [1.165, 1.54) is 0 Å². The Bertz CT molecular complexity index is 1080. The highest BCUT2D eigenvalue weighted by Gasteiger charge is 2.38. The highest BCUT2D eigenvalue weighted by Crippen LogP contribution is 2.43. The largest absolute Gasteiger partial charge is 0.338 e. The molecular formula is C25H27FN4O2. The summed E-state index contributed by atoms with van der Waals surface area (Å²) in [5.74, 6) is 5.14. The summed E-state index contributed by atoms with van der Waals surface area (Å²) >= 11 is 0. The number of carbonyl (C=O) groups excluding carboxylic acids is 2. The summed E-state index contributed by atoms with van der Waals surface area (Å²) in [6.45, 7) is 2.54. The van der Waals surface area contributed by atoms with Crippen LogP contribution < -0.4 is 11.3 Å². The van der Waals surface area contributed by atoms with Crippen molar-refractivity contribution in [3.05, 3.63) is 69.8 Å². The Morgan fingerprint density at radius 3 is 2.38 bits per heavy atom. The molecule has 2 aliphatic rings. The molecule has 1 aliphatic heterocycles. The Kier molecular flexibility index (Phi) is 5.98. The Balaban J connectivity index is 1.56. The van der Waals surface area contributed by atoms with Crippen LogP contribution in [0.1, 0.15) is 81.5 Å². The molecule has 32 heavy (non-hydrogen) atoms. The Hall–Kier alpha value is -3.24. The summed E-state index contributed by atoms with van der Waals surface area (Å²) in [5, 5.41) is 8.95. The lowest BCUT2D eigenvalue weighted by Gasteiger charge is -2.37. The van der Waals surface area contributed by atoms with E-state index in [-0.39, 0.29) is 31.8 Å². The third-order valence-corrected chi connectivity index (χ3v) is 6.65. The van der Waals surface area contributed by atoms with Crippen molar-refractivity contribution in [1.82, 2.24) is 10.3 Å². The molecule has 1 aliphatic carbocycles. The van der Waals surface area contributed by atoms with Crippen molar-refractivity contribution in [3.8, 4) is 6.07 Å². The molecule has 2 amide bonds. The number of piperidine rings is 1. The molecule has 1 saturated carbocycles. The van der Waals surface area contributed by atoms with Gasteiger partial charge in [-0.1, -0.05) is 25.1 Å². The minimum atomic E-state index is -1.53. The van der Waals surface area contributed by atoms with E-state index in [4.69, 9.17) is 11.1 Å². The topological polar surface area (TPSA) is 99.2 Å². The fourth-order valence-electron chi connectivity index (χ4n) is 4.53. The van der Waals surface area contributed by atoms with Gasteiger partial charge < -0.3 is 4.90 Å². The minimum absolute atomic E-state index is 0.183. The number of likely N-dealkylation sites (tertiary alicyclic amines) is 1. The molecule has 4 rings (SSSR count). The van der Waals surface area contributed by atoms with Gasteiger partial charge in [-0.2, -0.15) is 5.26 Å². The molecule has 2 aromatic rings. The van der Waals surface area contributed by atoms with Gasteiger partial charge >= 0.3 is 0 Å². The molecule has 0 aromatic heterocycles. The average Bonchev–Trinajstić information content (AvgIpc) is 3.68. The maximum atomic E-state index is 15.6. The van der Waals surface area contributed by atoms with Gasteiger partial charge in [-0.05, 0) is 60.1 Å². The number of hydrogen-bond donors (Lipinski definition) is 2. The smallest absolute Gasteiger partial charge is 0.265 e. The van der Waals surface area contributed by atoms with E-state index in [2.05, 4.69) is 5.43 Å². The highest BCUT2D eigenvalue weighted by atomic mass is 19.1. The number of rotatable bonds is 5. The van der Waals surface area contributed by atoms with E-state index in [1.54, 1.807) is 35.2 Å². The molecule has 166 valence electrons. The molecule has 0 atom stereocenters. The summed E-state index contributed by atoms with van der Waals surface area (Å²) in [6, 6.07) is 12.2. The van der Waals surface area contributed by atoms with Crippen LogP contribution in [0.25, 0.3) is 0 Å². The van der Waals surface area contributed by atoms with Gasteiger partial charge in [0.1, 0.15) is 5.67 Å². The van der Waals surface area contributed by atoms with E-state index in [1.807, 2.05) is 19.1 Å². The summed E-state index contributed by atoms with van der Waals surface area (Å²) in [6.07, 6.45) is 3.09. The summed E-state index contributed by atoms with van der Waals surface area (Å²) < 4.78 is 15.6. The molecule has 3 N–H and O–H groups in total. The van der Waals surface area contributed by atoms with Crippen molar-refractivity contribution in [1.29, 1.82) is 5.26 Å². The quantitative estimate of drug-likeness (QED) is 0.426. The summed E-state index contributed by atoms with van der Waals surface area (Å²) in [5.41, 5.74) is 4.47. The molecule has 0 radical (unpaired) electrons. The Morgan fingerprint density at radius 1 is 1.19 bits per heavy atom. The van der Waals surface area contributed by atoms with Crippen molar-refractivity contribution in [2.45, 2.75) is 50.6 Å². The number of nitrogen functional groups attached to an aromatic ring is 1. The number of nitrogens with one attached hydrogen (secondary N) is 1. The number of alkyl halides is 1. The van der Waals surface area contributed by atoms with E-state index in [0.717, 1.165) is 24.0 Å². The van der Waals surface area contributed by atoms with Crippen LogP contribution in [-0.4, -0.2) is 29.8 Å². The fraction of sp³-hybridized carbons (Fsp3) is 0.400. The Labute approximate surface area is 187 Å². The van der Waals surface area contributed by atoms with Crippen LogP contribution >= 0.6 is 0 Å². The first-order chi connectivity index (χ1) is 15.4. The van der Waals surface area contributed by atoms with E-state index < -0.39 is 11.6 Å². The monoisotopic (exact) mass is 434 g/mol. The molecular weight excluding hydrogens is 407 g/mol. The van der Waals surface area contributed by atoms with Crippen molar-refractivity contribution >= 4 is 11.8 Å². The first kappa shape index (κ1) is 22.0. The van der Waals surface area contributed by atoms with Crippen molar-refractivity contribution < 1.29 is 14.0 Å². The predicted molar refractivity (Wildman–Crippen MR) is 119 cm³/mol. The SMILES string of the molecule is CCc1cc(C2CC2)c(C(=O)NN)cc1C(=O)N1CCC(F)(c2ccc(C#N)cc2)CC1. The standard InChI is InChI=1S/C25H27FN4O2/c1-2-17-13-20(18-5-6-18)22(23(31)29-28)14-21(17)24(32)30-11-9-25(26,10-12-30)19-7-3-16(15-27)4-8-19/h3-4,7-8,13-14,18H,2,5-6,9-12,28H2,1H3,(H,29,31). The van der Waals surface area contributed by atoms with Crippen LogP contribution in [0.5, 0.6) is 0 Å². The van der Waals surface area contributed by atoms with Crippen LogP contribution in [0.15, 0.2) is 36.4 Å². The average molecular weight is 435 g/mol. The van der Waals surface area contributed by atoms with Gasteiger partial charge in [0.15, 0.2) is 0 Å². The van der Waals surface area contributed by atoms with E-state index in [0.29, 0.717) is 34.6 Å². The zero-order chi connectivity index (χ0) is 22.9. The number of aryl methyl sites for hydroxylation is 1. The third kappa shape index (κ3) is 4.11. The van der Waals surface area contributed by atoms with Gasteiger partial charge in [0.2, 0.25) is 0 Å². The van der Waals surface area contributed by atoms with Gasteiger partial charge in [0, 0.05) is 37.1 Å². The third-order valence-electron chi connectivity index (χ3n) is 6.65. The van der Waals surface area contributed by atoms with Gasteiger partial charge in [0.05, 0.1) is 11.6 Å². The second-order valence-electron chi connectivity index (χ2n) is 8.64. The number of nitrogens with two attached hydrogens (primary N) is 1. The van der Waals surface area contributed by atoms with E-state index in [9.17, 15) is 9.59 Å². The van der Waals surface area contributed by atoms with Gasteiger partial charge in [-0.3, -0.25) is 15.0 Å². The number of halogens is 1. The van der Waals surface area contributed by atoms with Gasteiger partial charge in [-0.25, -0.2) is 10.2 Å². The number of nitriles is 1. The molecule has 2 aromatic carbocycles. The van der Waals surface area contributed by atoms with Crippen molar-refractivity contribution in [3.63, 3.8) is 0 Å². The number of hydrogen-bond acceptors (Lipinski definition) is 4. The van der Waals surface area contributed by atoms with Gasteiger partial charge in [-0.15, -0.1) is 0 Å². The lowest BCUT2D eigenvalue weighted by molar-refractivity contribution is 0.0420. The maximum absolute atomic E-state index is 15.6. The van der Waals surface area contributed by atoms with Crippen LogP contribution in [0.2, 0.25) is 0 Å². The first-order valence-corrected chi connectivity index (χ1v) is 11.1. The highest BCUT2D eigenvalue weighted by molar-refractivity contribution is 6.01. The zero-order valence-electron chi connectivity index (χ0n) is 18.2. The zero-order valence-corrected chi connectivity index (χ0v) is 18.2. The van der Waals surface area contributed by atoms with Crippen molar-refractivity contribution in [2.75, 3.05) is 13.1 Å². The molecule has 0 bridgehead atoms. The number of benzene rings is 2. The van der Waals surface area contributed by atoms with Crippen LogP contribution in [-0.2, 0) is 12.1 Å². The number of nitrogens with zero attached hydrogens (tertiary/aromatic N) is 2. The summed E-state index contributed by atoms with van der Waals surface area (Å²) in [4.78, 5) is 27.4.